The zero-order chi connectivity index (χ0) is 32.1. The number of hydrogen-bond donors (Lipinski definition) is 2. The molecule has 0 saturated carbocycles. The van der Waals surface area contributed by atoms with Crippen molar-refractivity contribution < 1.29 is 41.0 Å². The third-order valence-corrected chi connectivity index (χ3v) is 6.80. The van der Waals surface area contributed by atoms with Gasteiger partial charge < -0.3 is 20.1 Å². The Hall–Kier alpha value is -4.68. The Morgan fingerprint density at radius 1 is 1.00 bits per heavy atom. The SMILES string of the molecule is CCCC(C)(CNC(=O)c1c(C(F)(F)F)nc2c(OCc3c(F)cccc3F)cc(C)cn12)NC(=O)OCc1ccccc1. The van der Waals surface area contributed by atoms with Crippen molar-refractivity contribution in [3.05, 3.63) is 101 Å². The monoisotopic (exact) mass is 618 g/mol. The standard InChI is InChI=1S/C31H31F5N4O4/c1-4-13-30(3,39-29(42)44-16-20-9-6-5-7-10-20)18-37-28(41)25-26(31(34,35)36)38-27-24(14-19(2)15-40(25)27)43-17-21-22(32)11-8-12-23(21)33/h5-12,14-15H,4,13,16-18H2,1-3H3,(H,37,41)(H,39,42). The molecule has 2 amide bonds. The Morgan fingerprint density at radius 3 is 2.32 bits per heavy atom. The second-order valence-electron chi connectivity index (χ2n) is 10.6. The summed E-state index contributed by atoms with van der Waals surface area (Å²) in [6.45, 7) is 4.18. The highest BCUT2D eigenvalue weighted by molar-refractivity contribution is 5.95. The molecule has 13 heteroatoms. The fourth-order valence-electron chi connectivity index (χ4n) is 4.70. The fourth-order valence-corrected chi connectivity index (χ4v) is 4.70. The molecule has 4 rings (SSSR count). The molecule has 4 aromatic rings. The van der Waals surface area contributed by atoms with Crippen LogP contribution in [0.2, 0.25) is 0 Å². The zero-order valence-electron chi connectivity index (χ0n) is 24.2. The number of aryl methyl sites for hydroxylation is 1. The first-order valence-electron chi connectivity index (χ1n) is 13.7. The van der Waals surface area contributed by atoms with Crippen LogP contribution >= 0.6 is 0 Å². The Bertz CT molecular complexity index is 1620. The molecule has 2 aromatic carbocycles. The quantitative estimate of drug-likeness (QED) is 0.182. The molecule has 44 heavy (non-hydrogen) atoms. The Balaban J connectivity index is 1.58. The van der Waals surface area contributed by atoms with Crippen LogP contribution in [0.25, 0.3) is 5.65 Å². The lowest BCUT2D eigenvalue weighted by Gasteiger charge is -2.30. The average molecular weight is 619 g/mol. The van der Waals surface area contributed by atoms with Crippen LogP contribution in [0.1, 0.15) is 59.6 Å². The van der Waals surface area contributed by atoms with Crippen LogP contribution in [0.5, 0.6) is 5.75 Å². The molecule has 2 N–H and O–H groups in total. The summed E-state index contributed by atoms with van der Waals surface area (Å²) in [7, 11) is 0. The predicted octanol–water partition coefficient (Wildman–Crippen LogP) is 6.73. The summed E-state index contributed by atoms with van der Waals surface area (Å²) in [5.41, 5.74) is -3.00. The number of hydrogen-bond acceptors (Lipinski definition) is 5. The van der Waals surface area contributed by atoms with Gasteiger partial charge in [0.2, 0.25) is 0 Å². The van der Waals surface area contributed by atoms with E-state index in [0.29, 0.717) is 18.4 Å². The van der Waals surface area contributed by atoms with Gasteiger partial charge in [0.15, 0.2) is 17.1 Å². The molecule has 0 aliphatic heterocycles. The van der Waals surface area contributed by atoms with E-state index in [2.05, 4.69) is 15.6 Å². The van der Waals surface area contributed by atoms with E-state index in [1.807, 2.05) is 13.0 Å². The molecule has 0 aliphatic carbocycles. The van der Waals surface area contributed by atoms with Gasteiger partial charge in [0, 0.05) is 12.7 Å². The fraction of sp³-hybridized carbons (Fsp3) is 0.323. The number of aromatic nitrogens is 2. The third kappa shape index (κ3) is 7.63. The first kappa shape index (κ1) is 32.2. The average Bonchev–Trinajstić information content (AvgIpc) is 3.35. The van der Waals surface area contributed by atoms with Gasteiger partial charge in [-0.1, -0.05) is 49.7 Å². The van der Waals surface area contributed by atoms with Crippen molar-refractivity contribution in [3.63, 3.8) is 0 Å². The number of carbonyl (C=O) groups excluding carboxylic acids is 2. The number of pyridine rings is 1. The summed E-state index contributed by atoms with van der Waals surface area (Å²) in [5.74, 6) is -3.10. The molecule has 2 heterocycles. The molecule has 2 aromatic heterocycles. The highest BCUT2D eigenvalue weighted by atomic mass is 19.4. The molecule has 8 nitrogen and oxygen atoms in total. The summed E-state index contributed by atoms with van der Waals surface area (Å²) in [5, 5.41) is 5.20. The topological polar surface area (TPSA) is 94.0 Å². The minimum Gasteiger partial charge on any atom is -0.485 e. The molecule has 0 spiro atoms. The van der Waals surface area contributed by atoms with Crippen molar-refractivity contribution in [2.24, 2.45) is 0 Å². The van der Waals surface area contributed by atoms with Crippen LogP contribution in [0.3, 0.4) is 0 Å². The maximum absolute atomic E-state index is 14.2. The zero-order valence-corrected chi connectivity index (χ0v) is 24.2. The normalized spacial score (nSPS) is 12.9. The number of alkyl carbamates (subject to hydrolysis) is 1. The molecule has 1 atom stereocenters. The molecule has 234 valence electrons. The van der Waals surface area contributed by atoms with E-state index < -0.39 is 58.9 Å². The number of rotatable bonds is 11. The number of nitrogens with one attached hydrogen (secondary N) is 2. The maximum Gasteiger partial charge on any atom is 0.435 e. The number of fused-ring (bicyclic) bond motifs is 1. The highest BCUT2D eigenvalue weighted by Gasteiger charge is 2.41. The van der Waals surface area contributed by atoms with Gasteiger partial charge in [0.1, 0.15) is 30.5 Å². The van der Waals surface area contributed by atoms with Gasteiger partial charge in [0.25, 0.3) is 5.91 Å². The largest absolute Gasteiger partial charge is 0.485 e. The molecule has 0 aliphatic rings. The molecule has 0 radical (unpaired) electrons. The summed E-state index contributed by atoms with van der Waals surface area (Å²) in [4.78, 5) is 29.6. The number of carbonyl (C=O) groups is 2. The van der Waals surface area contributed by atoms with Gasteiger partial charge in [0.05, 0.1) is 11.1 Å². The minimum absolute atomic E-state index is 0.00526. The van der Waals surface area contributed by atoms with E-state index in [1.165, 1.54) is 18.3 Å². The lowest BCUT2D eigenvalue weighted by atomic mass is 9.96. The molecular formula is C31H31F5N4O4. The Morgan fingerprint density at radius 2 is 1.68 bits per heavy atom. The number of halogens is 5. The van der Waals surface area contributed by atoms with Crippen molar-refractivity contribution in [2.45, 2.75) is 58.5 Å². The van der Waals surface area contributed by atoms with E-state index in [4.69, 9.17) is 9.47 Å². The highest BCUT2D eigenvalue weighted by Crippen LogP contribution is 2.35. The molecule has 0 fully saturated rings. The minimum atomic E-state index is -5.03. The van der Waals surface area contributed by atoms with Crippen LogP contribution in [0.4, 0.5) is 26.7 Å². The number of nitrogens with zero attached hydrogens (tertiary/aromatic N) is 2. The van der Waals surface area contributed by atoms with Gasteiger partial charge in [-0.2, -0.15) is 13.2 Å². The van der Waals surface area contributed by atoms with Crippen molar-refractivity contribution in [2.75, 3.05) is 6.54 Å². The van der Waals surface area contributed by atoms with Crippen molar-refractivity contribution in [1.82, 2.24) is 20.0 Å². The third-order valence-electron chi connectivity index (χ3n) is 6.80. The number of alkyl halides is 3. The molecule has 0 saturated heterocycles. The van der Waals surface area contributed by atoms with Gasteiger partial charge in [-0.3, -0.25) is 9.20 Å². The number of amides is 2. The predicted molar refractivity (Wildman–Crippen MR) is 151 cm³/mol. The van der Waals surface area contributed by atoms with Crippen LogP contribution in [0.15, 0.2) is 60.8 Å². The van der Waals surface area contributed by atoms with E-state index >= 15 is 0 Å². The summed E-state index contributed by atoms with van der Waals surface area (Å²) >= 11 is 0. The lowest BCUT2D eigenvalue weighted by molar-refractivity contribution is -0.141. The summed E-state index contributed by atoms with van der Waals surface area (Å²) in [6, 6.07) is 13.5. The molecular weight excluding hydrogens is 587 g/mol. The summed E-state index contributed by atoms with van der Waals surface area (Å²) < 4.78 is 82.5. The van der Waals surface area contributed by atoms with Crippen LogP contribution < -0.4 is 15.4 Å². The second-order valence-corrected chi connectivity index (χ2v) is 10.6. The first-order chi connectivity index (χ1) is 20.8. The van der Waals surface area contributed by atoms with Crippen LogP contribution in [0, 0.1) is 18.6 Å². The van der Waals surface area contributed by atoms with Gasteiger partial charge >= 0.3 is 12.3 Å². The first-order valence-corrected chi connectivity index (χ1v) is 13.7. The smallest absolute Gasteiger partial charge is 0.435 e. The van der Waals surface area contributed by atoms with E-state index in [0.717, 1.165) is 22.1 Å². The Kier molecular flexibility index (Phi) is 9.75. The van der Waals surface area contributed by atoms with E-state index in [9.17, 15) is 31.5 Å². The van der Waals surface area contributed by atoms with Crippen molar-refractivity contribution in [3.8, 4) is 5.75 Å². The van der Waals surface area contributed by atoms with Crippen molar-refractivity contribution >= 4 is 17.6 Å². The molecule has 0 bridgehead atoms. The van der Waals surface area contributed by atoms with Crippen LogP contribution in [-0.2, 0) is 24.1 Å². The van der Waals surface area contributed by atoms with Gasteiger partial charge in [-0.25, -0.2) is 18.6 Å². The van der Waals surface area contributed by atoms with E-state index in [-0.39, 0.29) is 24.5 Å². The molecule has 1 unspecified atom stereocenters. The van der Waals surface area contributed by atoms with Gasteiger partial charge in [-0.15, -0.1) is 0 Å². The Labute approximate surface area is 250 Å². The number of ether oxygens (including phenoxy) is 2. The lowest BCUT2D eigenvalue weighted by Crippen LogP contribution is -2.53. The van der Waals surface area contributed by atoms with Crippen LogP contribution in [-0.4, -0.2) is 33.5 Å². The van der Waals surface area contributed by atoms with Gasteiger partial charge in [-0.05, 0) is 49.6 Å². The van der Waals surface area contributed by atoms with Crippen molar-refractivity contribution in [1.29, 1.82) is 0 Å². The number of benzene rings is 2. The summed E-state index contributed by atoms with van der Waals surface area (Å²) in [6.07, 6.45) is -3.57. The maximum atomic E-state index is 14.2. The second kappa shape index (κ2) is 13.3. The number of imidazole rings is 1. The van der Waals surface area contributed by atoms with E-state index in [1.54, 1.807) is 38.1 Å².